The average molecular weight is 234 g/mol. The van der Waals surface area contributed by atoms with E-state index >= 15 is 0 Å². The molecular formula is C17H16N+. The molecule has 2 aromatic rings. The first-order valence-corrected chi connectivity index (χ1v) is 6.23. The van der Waals surface area contributed by atoms with Gasteiger partial charge >= 0.3 is 0 Å². The molecule has 1 aromatic carbocycles. The van der Waals surface area contributed by atoms with E-state index in [1.807, 2.05) is 16.5 Å². The van der Waals surface area contributed by atoms with Crippen molar-refractivity contribution in [2.45, 2.75) is 12.8 Å². The van der Waals surface area contributed by atoms with E-state index in [9.17, 15) is 0 Å². The third kappa shape index (κ3) is 1.68. The number of pyridine rings is 1. The van der Waals surface area contributed by atoms with Crippen LogP contribution in [0.1, 0.15) is 24.0 Å². The fourth-order valence-electron chi connectivity index (χ4n) is 2.59. The highest BCUT2D eigenvalue weighted by Gasteiger charge is 2.19. The molecular weight excluding hydrogens is 218 g/mol. The van der Waals surface area contributed by atoms with Gasteiger partial charge in [0, 0.05) is 23.6 Å². The second-order valence-corrected chi connectivity index (χ2v) is 4.69. The van der Waals surface area contributed by atoms with Gasteiger partial charge in [0.15, 0.2) is 6.20 Å². The molecule has 1 heteroatoms. The molecule has 1 aromatic heterocycles. The lowest BCUT2D eigenvalue weighted by molar-refractivity contribution is -0.514. The van der Waals surface area contributed by atoms with Gasteiger partial charge in [0.05, 0.1) is 0 Å². The zero-order valence-electron chi connectivity index (χ0n) is 10.5. The topological polar surface area (TPSA) is 5.90 Å². The zero-order chi connectivity index (χ0) is 12.5. The van der Waals surface area contributed by atoms with Gasteiger partial charge in [-0.1, -0.05) is 43.3 Å². The van der Waals surface area contributed by atoms with Gasteiger partial charge in [0.25, 0.3) is 0 Å². The number of rotatable bonds is 0. The van der Waals surface area contributed by atoms with Crippen LogP contribution in [-0.4, -0.2) is 0 Å². The lowest BCUT2D eigenvalue weighted by atomic mass is 9.84. The van der Waals surface area contributed by atoms with Crippen LogP contribution in [0.25, 0.3) is 11.6 Å². The van der Waals surface area contributed by atoms with Gasteiger partial charge in [-0.3, -0.25) is 0 Å². The smallest absolute Gasteiger partial charge is 0.174 e. The SMILES string of the molecule is C=[n+]1ccccc1=C1C=Cc2ccccc2C1C. The normalized spacial score (nSPS) is 20.6. The fraction of sp³-hybridized carbons (Fsp3) is 0.118. The summed E-state index contributed by atoms with van der Waals surface area (Å²) in [5.41, 5.74) is 4.03. The monoisotopic (exact) mass is 234 g/mol. The molecule has 0 saturated heterocycles. The van der Waals surface area contributed by atoms with E-state index in [0.717, 1.165) is 0 Å². The number of aromatic nitrogens is 1. The van der Waals surface area contributed by atoms with Crippen LogP contribution in [-0.2, 0) is 0 Å². The first kappa shape index (κ1) is 11.0. The highest BCUT2D eigenvalue weighted by atomic mass is 14.8. The maximum atomic E-state index is 4.05. The van der Waals surface area contributed by atoms with Crippen LogP contribution in [0.2, 0.25) is 0 Å². The Morgan fingerprint density at radius 1 is 1.00 bits per heavy atom. The van der Waals surface area contributed by atoms with Crippen LogP contribution in [0, 0.1) is 6.72 Å². The standard InChI is InChI=1S/C17H16N/c1-13-15-8-4-3-7-14(15)10-11-16(13)17-9-5-6-12-18(17)2/h3-13H,2H2,1H3/q+1. The summed E-state index contributed by atoms with van der Waals surface area (Å²) in [7, 11) is 0. The van der Waals surface area contributed by atoms with E-state index in [0.29, 0.717) is 5.92 Å². The van der Waals surface area contributed by atoms with Crippen LogP contribution < -0.4 is 9.59 Å². The van der Waals surface area contributed by atoms with E-state index in [-0.39, 0.29) is 0 Å². The number of fused-ring (bicyclic) bond motifs is 1. The first-order valence-electron chi connectivity index (χ1n) is 6.23. The summed E-state index contributed by atoms with van der Waals surface area (Å²) in [5, 5.41) is 1.18. The van der Waals surface area contributed by atoms with Crippen molar-refractivity contribution in [2.75, 3.05) is 0 Å². The van der Waals surface area contributed by atoms with Crippen LogP contribution in [0.15, 0.2) is 54.7 Å². The number of benzene rings is 1. The first-order chi connectivity index (χ1) is 8.77. The minimum Gasteiger partial charge on any atom is -0.174 e. The van der Waals surface area contributed by atoms with Gasteiger partial charge in [0.1, 0.15) is 6.72 Å². The largest absolute Gasteiger partial charge is 0.213 e. The van der Waals surface area contributed by atoms with Crippen molar-refractivity contribution in [1.29, 1.82) is 0 Å². The maximum Gasteiger partial charge on any atom is 0.213 e. The molecule has 1 unspecified atom stereocenters. The number of nitrogens with zero attached hydrogens (tertiary/aromatic N) is 1. The Bertz CT molecular complexity index is 725. The Balaban J connectivity index is 2.29. The number of hydrogen-bond donors (Lipinski definition) is 0. The summed E-state index contributed by atoms with van der Waals surface area (Å²) in [4.78, 5) is 0. The van der Waals surface area contributed by atoms with Crippen LogP contribution in [0.4, 0.5) is 0 Å². The second kappa shape index (κ2) is 4.26. The van der Waals surface area contributed by atoms with Gasteiger partial charge in [0.2, 0.25) is 5.35 Å². The molecule has 0 fully saturated rings. The van der Waals surface area contributed by atoms with Crippen molar-refractivity contribution in [2.24, 2.45) is 0 Å². The highest BCUT2D eigenvalue weighted by molar-refractivity contribution is 5.77. The fourth-order valence-corrected chi connectivity index (χ4v) is 2.59. The Kier molecular flexibility index (Phi) is 2.60. The van der Waals surface area contributed by atoms with Gasteiger partial charge in [-0.15, -0.1) is 0 Å². The number of hydrogen-bond acceptors (Lipinski definition) is 0. The van der Waals surface area contributed by atoms with E-state index in [1.54, 1.807) is 0 Å². The molecule has 1 aliphatic rings. The molecule has 0 aliphatic heterocycles. The minimum absolute atomic E-state index is 0.404. The third-order valence-electron chi connectivity index (χ3n) is 3.61. The lowest BCUT2D eigenvalue weighted by Gasteiger charge is -2.19. The summed E-state index contributed by atoms with van der Waals surface area (Å²) >= 11 is 0. The lowest BCUT2D eigenvalue weighted by Crippen LogP contribution is -2.37. The van der Waals surface area contributed by atoms with Gasteiger partial charge in [-0.05, 0) is 17.2 Å². The minimum atomic E-state index is 0.404. The zero-order valence-corrected chi connectivity index (χ0v) is 10.5. The molecule has 0 N–H and O–H groups in total. The molecule has 0 spiro atoms. The average Bonchev–Trinajstić information content (AvgIpc) is 2.41. The predicted octanol–water partition coefficient (Wildman–Crippen LogP) is 2.59. The van der Waals surface area contributed by atoms with Crippen LogP contribution in [0.3, 0.4) is 0 Å². The predicted molar refractivity (Wildman–Crippen MR) is 74.3 cm³/mol. The van der Waals surface area contributed by atoms with Crippen molar-refractivity contribution < 1.29 is 4.24 Å². The Morgan fingerprint density at radius 2 is 1.78 bits per heavy atom. The van der Waals surface area contributed by atoms with Gasteiger partial charge in [-0.2, -0.15) is 4.24 Å². The van der Waals surface area contributed by atoms with Crippen molar-refractivity contribution in [3.05, 3.63) is 77.9 Å². The molecule has 0 bridgehead atoms. The molecule has 1 nitrogen and oxygen atoms in total. The molecule has 0 amide bonds. The third-order valence-corrected chi connectivity index (χ3v) is 3.61. The number of allylic oxidation sites excluding steroid dienone is 1. The Morgan fingerprint density at radius 3 is 2.61 bits per heavy atom. The van der Waals surface area contributed by atoms with Gasteiger partial charge in [-0.25, -0.2) is 0 Å². The van der Waals surface area contributed by atoms with Gasteiger partial charge < -0.3 is 0 Å². The highest BCUT2D eigenvalue weighted by Crippen LogP contribution is 2.32. The molecule has 0 radical (unpaired) electrons. The summed E-state index contributed by atoms with van der Waals surface area (Å²) in [5.74, 6) is 0.404. The van der Waals surface area contributed by atoms with Crippen molar-refractivity contribution in [1.82, 2.24) is 0 Å². The van der Waals surface area contributed by atoms with Crippen LogP contribution >= 0.6 is 0 Å². The molecule has 0 saturated carbocycles. The maximum absolute atomic E-state index is 4.05. The molecule has 1 heterocycles. The van der Waals surface area contributed by atoms with E-state index in [1.165, 1.54) is 22.0 Å². The van der Waals surface area contributed by atoms with Crippen molar-refractivity contribution in [3.8, 4) is 0 Å². The quantitative estimate of drug-likeness (QED) is 0.618. The Labute approximate surface area is 107 Å². The van der Waals surface area contributed by atoms with Crippen molar-refractivity contribution >= 4 is 11.6 Å². The molecule has 88 valence electrons. The summed E-state index contributed by atoms with van der Waals surface area (Å²) in [6.45, 7) is 6.30. The second-order valence-electron chi connectivity index (χ2n) is 4.69. The summed E-state index contributed by atoms with van der Waals surface area (Å²) in [6.07, 6.45) is 6.39. The Hall–Kier alpha value is -2.15. The molecule has 18 heavy (non-hydrogen) atoms. The summed E-state index contributed by atoms with van der Waals surface area (Å²) < 4.78 is 1.93. The summed E-state index contributed by atoms with van der Waals surface area (Å²) in [6, 6.07) is 14.8. The van der Waals surface area contributed by atoms with Crippen molar-refractivity contribution in [3.63, 3.8) is 0 Å². The molecule has 1 atom stereocenters. The van der Waals surface area contributed by atoms with E-state index < -0.39 is 0 Å². The molecule has 3 rings (SSSR count). The van der Waals surface area contributed by atoms with Crippen LogP contribution in [0.5, 0.6) is 0 Å². The molecule has 1 aliphatic carbocycles. The van der Waals surface area contributed by atoms with E-state index in [2.05, 4.69) is 62.2 Å². The van der Waals surface area contributed by atoms with E-state index in [4.69, 9.17) is 0 Å².